The van der Waals surface area contributed by atoms with Crippen molar-refractivity contribution in [3.63, 3.8) is 0 Å². The van der Waals surface area contributed by atoms with Gasteiger partial charge in [-0.1, -0.05) is 91.0 Å². The molecule has 4 aromatic carbocycles. The third-order valence-electron chi connectivity index (χ3n) is 5.86. The van der Waals surface area contributed by atoms with Gasteiger partial charge >= 0.3 is 0 Å². The highest BCUT2D eigenvalue weighted by Gasteiger charge is 2.46. The van der Waals surface area contributed by atoms with Crippen LogP contribution in [0.25, 0.3) is 0 Å². The van der Waals surface area contributed by atoms with E-state index in [-0.39, 0.29) is 0 Å². The Morgan fingerprint density at radius 2 is 1.19 bits per heavy atom. The van der Waals surface area contributed by atoms with Crippen molar-refractivity contribution >= 4 is 11.4 Å². The highest BCUT2D eigenvalue weighted by atomic mass is 15.5. The van der Waals surface area contributed by atoms with Crippen molar-refractivity contribution < 1.29 is 0 Å². The molecule has 5 rings (SSSR count). The molecule has 0 atom stereocenters. The Labute approximate surface area is 182 Å². The average Bonchev–Trinajstić information content (AvgIpc) is 3.28. The summed E-state index contributed by atoms with van der Waals surface area (Å²) < 4.78 is 0. The van der Waals surface area contributed by atoms with Crippen LogP contribution in [0.2, 0.25) is 0 Å². The van der Waals surface area contributed by atoms with Gasteiger partial charge in [0, 0.05) is 6.42 Å². The molecule has 0 fully saturated rings. The van der Waals surface area contributed by atoms with Crippen molar-refractivity contribution in [2.75, 3.05) is 5.01 Å². The lowest BCUT2D eigenvalue weighted by molar-refractivity contribution is 0.534. The van der Waals surface area contributed by atoms with Gasteiger partial charge in [-0.2, -0.15) is 10.4 Å². The molecule has 0 bridgehead atoms. The molecule has 31 heavy (non-hydrogen) atoms. The molecule has 148 valence electrons. The van der Waals surface area contributed by atoms with Gasteiger partial charge in [-0.15, -0.1) is 0 Å². The predicted molar refractivity (Wildman–Crippen MR) is 125 cm³/mol. The van der Waals surface area contributed by atoms with Crippen LogP contribution in [0.1, 0.15) is 28.7 Å². The smallest absolute Gasteiger partial charge is 0.119 e. The van der Waals surface area contributed by atoms with Crippen molar-refractivity contribution in [2.24, 2.45) is 5.10 Å². The summed E-state index contributed by atoms with van der Waals surface area (Å²) in [6, 6.07) is 41.3. The number of nitriles is 1. The van der Waals surface area contributed by atoms with Crippen LogP contribution in [0.15, 0.2) is 120 Å². The van der Waals surface area contributed by atoms with Crippen LogP contribution in [0.3, 0.4) is 0 Å². The molecule has 0 radical (unpaired) electrons. The maximum atomic E-state index is 9.25. The maximum absolute atomic E-state index is 9.25. The van der Waals surface area contributed by atoms with E-state index >= 15 is 0 Å². The fourth-order valence-corrected chi connectivity index (χ4v) is 4.35. The number of rotatable bonds is 4. The second kappa shape index (κ2) is 7.93. The molecule has 0 aliphatic carbocycles. The first kappa shape index (κ1) is 18.8. The third-order valence-corrected chi connectivity index (χ3v) is 5.86. The van der Waals surface area contributed by atoms with E-state index < -0.39 is 5.54 Å². The van der Waals surface area contributed by atoms with Crippen molar-refractivity contribution in [3.05, 3.63) is 138 Å². The summed E-state index contributed by atoms with van der Waals surface area (Å²) in [6.07, 6.45) is 0.741. The molecular weight excluding hydrogens is 378 g/mol. The van der Waals surface area contributed by atoms with Gasteiger partial charge in [0.25, 0.3) is 0 Å². The molecule has 0 saturated heterocycles. The minimum absolute atomic E-state index is 0.484. The van der Waals surface area contributed by atoms with E-state index in [1.165, 1.54) is 11.1 Å². The van der Waals surface area contributed by atoms with Crippen molar-refractivity contribution in [3.8, 4) is 6.07 Å². The molecule has 0 amide bonds. The summed E-state index contributed by atoms with van der Waals surface area (Å²) in [5.41, 5.74) is 5.63. The fraction of sp³-hybridized carbons (Fsp3) is 0.0714. The fourth-order valence-electron chi connectivity index (χ4n) is 4.35. The van der Waals surface area contributed by atoms with Gasteiger partial charge in [0.15, 0.2) is 0 Å². The van der Waals surface area contributed by atoms with Crippen molar-refractivity contribution in [2.45, 2.75) is 12.0 Å². The van der Waals surface area contributed by atoms with Crippen LogP contribution in [-0.4, -0.2) is 5.71 Å². The second-order valence-corrected chi connectivity index (χ2v) is 7.65. The first-order chi connectivity index (χ1) is 15.3. The van der Waals surface area contributed by atoms with Crippen LogP contribution < -0.4 is 5.01 Å². The summed E-state index contributed by atoms with van der Waals surface area (Å²) in [4.78, 5) is 0. The number of hydrogen-bond acceptors (Lipinski definition) is 3. The lowest BCUT2D eigenvalue weighted by Gasteiger charge is -2.39. The molecule has 0 spiro atoms. The van der Waals surface area contributed by atoms with E-state index in [1.807, 2.05) is 42.5 Å². The molecule has 4 aromatic rings. The summed E-state index contributed by atoms with van der Waals surface area (Å²) in [5.74, 6) is 0. The minimum atomic E-state index is -0.484. The quantitative estimate of drug-likeness (QED) is 0.415. The van der Waals surface area contributed by atoms with Gasteiger partial charge < -0.3 is 0 Å². The average molecular weight is 399 g/mol. The number of hydrogen-bond donors (Lipinski definition) is 0. The van der Waals surface area contributed by atoms with Crippen molar-refractivity contribution in [1.29, 1.82) is 5.26 Å². The molecule has 0 unspecified atom stereocenters. The van der Waals surface area contributed by atoms with E-state index in [4.69, 9.17) is 5.10 Å². The van der Waals surface area contributed by atoms with E-state index in [1.54, 1.807) is 0 Å². The maximum Gasteiger partial charge on any atom is 0.119 e. The normalized spacial score (nSPS) is 14.7. The Balaban J connectivity index is 1.75. The molecule has 1 aliphatic heterocycles. The Hall–Kier alpha value is -4.16. The lowest BCUT2D eigenvalue weighted by Crippen LogP contribution is -2.41. The van der Waals surface area contributed by atoms with Crippen LogP contribution in [0.4, 0.5) is 5.69 Å². The standard InChI is InChI=1S/C28H21N3/c29-21-22-16-18-26(19-17-22)31-28(24-12-6-2-7-13-24,25-14-8-3-9-15-25)20-27(30-31)23-10-4-1-5-11-23/h1-19H,20H2. The zero-order valence-corrected chi connectivity index (χ0v) is 17.0. The zero-order chi connectivity index (χ0) is 21.1. The SMILES string of the molecule is N#Cc1ccc(N2N=C(c3ccccc3)CC2(c2ccccc2)c2ccccc2)cc1. The van der Waals surface area contributed by atoms with Crippen LogP contribution >= 0.6 is 0 Å². The lowest BCUT2D eigenvalue weighted by atomic mass is 9.78. The van der Waals surface area contributed by atoms with Gasteiger partial charge in [0.1, 0.15) is 5.54 Å². The van der Waals surface area contributed by atoms with Crippen LogP contribution in [0, 0.1) is 11.3 Å². The molecule has 0 aromatic heterocycles. The van der Waals surface area contributed by atoms with Crippen LogP contribution in [0.5, 0.6) is 0 Å². The zero-order valence-electron chi connectivity index (χ0n) is 17.0. The third kappa shape index (κ3) is 3.29. The highest BCUT2D eigenvalue weighted by molar-refractivity contribution is 6.04. The largest absolute Gasteiger partial charge is 0.250 e. The summed E-state index contributed by atoms with van der Waals surface area (Å²) >= 11 is 0. The Morgan fingerprint density at radius 1 is 0.677 bits per heavy atom. The summed E-state index contributed by atoms with van der Waals surface area (Å²) in [7, 11) is 0. The number of hydrazone groups is 1. The van der Waals surface area contributed by atoms with Crippen LogP contribution in [-0.2, 0) is 5.54 Å². The molecule has 1 aliphatic rings. The van der Waals surface area contributed by atoms with Gasteiger partial charge in [-0.25, -0.2) is 5.01 Å². The predicted octanol–water partition coefficient (Wildman–Crippen LogP) is 6.12. The minimum Gasteiger partial charge on any atom is -0.250 e. The Kier molecular flexibility index (Phi) is 4.82. The molecule has 1 heterocycles. The molecule has 3 nitrogen and oxygen atoms in total. The number of anilines is 1. The number of benzene rings is 4. The topological polar surface area (TPSA) is 39.4 Å². The van der Waals surface area contributed by atoms with E-state index in [0.717, 1.165) is 23.4 Å². The van der Waals surface area contributed by atoms with Gasteiger partial charge in [0.05, 0.1) is 23.0 Å². The molecule has 0 saturated carbocycles. The van der Waals surface area contributed by atoms with Gasteiger partial charge in [-0.05, 0) is 41.0 Å². The Bertz CT molecular complexity index is 1200. The molecule has 3 heteroatoms. The van der Waals surface area contributed by atoms with Gasteiger partial charge in [0.2, 0.25) is 0 Å². The molecule has 0 N–H and O–H groups in total. The monoisotopic (exact) mass is 399 g/mol. The summed E-state index contributed by atoms with van der Waals surface area (Å²) in [5, 5.41) is 16.5. The Morgan fingerprint density at radius 3 is 1.71 bits per heavy atom. The second-order valence-electron chi connectivity index (χ2n) is 7.65. The first-order valence-corrected chi connectivity index (χ1v) is 10.4. The first-order valence-electron chi connectivity index (χ1n) is 10.4. The molecular formula is C28H21N3. The number of nitrogens with zero attached hydrogens (tertiary/aromatic N) is 3. The van der Waals surface area contributed by atoms with E-state index in [9.17, 15) is 5.26 Å². The van der Waals surface area contributed by atoms with Gasteiger partial charge in [-0.3, -0.25) is 0 Å². The van der Waals surface area contributed by atoms with E-state index in [2.05, 4.69) is 83.9 Å². The van der Waals surface area contributed by atoms with Crippen molar-refractivity contribution in [1.82, 2.24) is 0 Å². The highest BCUT2D eigenvalue weighted by Crippen LogP contribution is 2.46. The van der Waals surface area contributed by atoms with E-state index in [0.29, 0.717) is 5.56 Å². The summed E-state index contributed by atoms with van der Waals surface area (Å²) in [6.45, 7) is 0.